The van der Waals surface area contributed by atoms with Gasteiger partial charge in [-0.25, -0.2) is 4.79 Å². The van der Waals surface area contributed by atoms with Gasteiger partial charge < -0.3 is 10.0 Å². The lowest BCUT2D eigenvalue weighted by Crippen LogP contribution is -2.40. The zero-order chi connectivity index (χ0) is 15.1. The number of aromatic nitrogens is 2. The summed E-state index contributed by atoms with van der Waals surface area (Å²) in [6, 6.07) is 7.98. The van der Waals surface area contributed by atoms with Crippen molar-refractivity contribution in [1.82, 2.24) is 14.7 Å². The predicted molar refractivity (Wildman–Crippen MR) is 79.4 cm³/mol. The lowest BCUT2D eigenvalue weighted by molar-refractivity contribution is 0.121. The molecule has 3 rings (SSSR count). The molecule has 1 aromatic heterocycles. The fourth-order valence-electron chi connectivity index (χ4n) is 3.20. The van der Waals surface area contributed by atoms with E-state index < -0.39 is 6.09 Å². The number of nitrogens with zero attached hydrogens (tertiary/aromatic N) is 3. The van der Waals surface area contributed by atoms with Gasteiger partial charge in [-0.1, -0.05) is 24.3 Å². The molecular formula is C16H19N3O2. The minimum atomic E-state index is -0.872. The van der Waals surface area contributed by atoms with Crippen LogP contribution < -0.4 is 0 Å². The summed E-state index contributed by atoms with van der Waals surface area (Å²) in [5.41, 5.74) is 4.47. The molecule has 0 saturated carbocycles. The maximum Gasteiger partial charge on any atom is 0.407 e. The van der Waals surface area contributed by atoms with E-state index >= 15 is 0 Å². The first-order valence-electron chi connectivity index (χ1n) is 7.07. The highest BCUT2D eigenvalue weighted by atomic mass is 16.4. The first kappa shape index (κ1) is 13.7. The normalized spacial score (nSPS) is 21.2. The molecule has 0 fully saturated rings. The van der Waals surface area contributed by atoms with Crippen LogP contribution >= 0.6 is 0 Å². The van der Waals surface area contributed by atoms with Crippen LogP contribution in [0.1, 0.15) is 41.3 Å². The van der Waals surface area contributed by atoms with E-state index in [1.807, 2.05) is 50.0 Å². The van der Waals surface area contributed by atoms with Crippen molar-refractivity contribution in [3.8, 4) is 0 Å². The van der Waals surface area contributed by atoms with E-state index in [1.165, 1.54) is 10.5 Å². The number of rotatable bonds is 1. The van der Waals surface area contributed by atoms with Gasteiger partial charge in [-0.05, 0) is 25.0 Å². The first-order valence-corrected chi connectivity index (χ1v) is 7.07. The Morgan fingerprint density at radius 2 is 1.95 bits per heavy atom. The number of aryl methyl sites for hydroxylation is 1. The fourth-order valence-corrected chi connectivity index (χ4v) is 3.20. The van der Waals surface area contributed by atoms with Crippen LogP contribution in [0.25, 0.3) is 0 Å². The summed E-state index contributed by atoms with van der Waals surface area (Å²) in [7, 11) is 1.91. The molecule has 1 aliphatic heterocycles. The molecule has 110 valence electrons. The van der Waals surface area contributed by atoms with Crippen LogP contribution in [0.15, 0.2) is 30.5 Å². The molecule has 5 heteroatoms. The van der Waals surface area contributed by atoms with Gasteiger partial charge in [0.15, 0.2) is 0 Å². The maximum atomic E-state index is 11.5. The van der Waals surface area contributed by atoms with Gasteiger partial charge in [0.25, 0.3) is 0 Å². The zero-order valence-electron chi connectivity index (χ0n) is 12.4. The topological polar surface area (TPSA) is 58.4 Å². The quantitative estimate of drug-likeness (QED) is 0.876. The van der Waals surface area contributed by atoms with Crippen LogP contribution in [-0.2, 0) is 7.05 Å². The molecule has 0 spiro atoms. The van der Waals surface area contributed by atoms with Crippen molar-refractivity contribution in [1.29, 1.82) is 0 Å². The molecule has 1 aliphatic rings. The molecule has 0 aliphatic carbocycles. The van der Waals surface area contributed by atoms with Crippen LogP contribution in [0.3, 0.4) is 0 Å². The number of carbonyl (C=O) groups is 1. The Morgan fingerprint density at radius 1 is 1.29 bits per heavy atom. The van der Waals surface area contributed by atoms with Gasteiger partial charge >= 0.3 is 6.09 Å². The van der Waals surface area contributed by atoms with Crippen LogP contribution in [0.5, 0.6) is 0 Å². The standard InChI is InChI=1S/C16H19N3O2/c1-10-14(8-17-18(10)3)15-9-19(16(20)21)11(2)12-6-4-5-7-13(12)15/h4-8,11,15H,9H2,1-3H3,(H,20,21)/t11-,15-/m0/s1. The highest BCUT2D eigenvalue weighted by Crippen LogP contribution is 2.39. The molecule has 2 atom stereocenters. The number of hydrogen-bond donors (Lipinski definition) is 1. The Kier molecular flexibility index (Phi) is 3.20. The second-order valence-corrected chi connectivity index (χ2v) is 5.60. The number of fused-ring (bicyclic) bond motifs is 1. The largest absolute Gasteiger partial charge is 0.465 e. The van der Waals surface area contributed by atoms with Crippen molar-refractivity contribution < 1.29 is 9.90 Å². The van der Waals surface area contributed by atoms with E-state index in [2.05, 4.69) is 11.2 Å². The molecule has 0 radical (unpaired) electrons. The Morgan fingerprint density at radius 3 is 2.52 bits per heavy atom. The fraction of sp³-hybridized carbons (Fsp3) is 0.375. The van der Waals surface area contributed by atoms with Crippen LogP contribution in [-0.4, -0.2) is 32.4 Å². The Bertz CT molecular complexity index is 693. The third-order valence-electron chi connectivity index (χ3n) is 4.56. The summed E-state index contributed by atoms with van der Waals surface area (Å²) >= 11 is 0. The minimum absolute atomic E-state index is 0.0437. The van der Waals surface area contributed by atoms with Gasteiger partial charge in [0.2, 0.25) is 0 Å². The Labute approximate surface area is 123 Å². The number of amides is 1. The van der Waals surface area contributed by atoms with Crippen molar-refractivity contribution in [3.05, 3.63) is 52.8 Å². The van der Waals surface area contributed by atoms with Crippen molar-refractivity contribution in [2.45, 2.75) is 25.8 Å². The summed E-state index contributed by atoms with van der Waals surface area (Å²) < 4.78 is 1.83. The third-order valence-corrected chi connectivity index (χ3v) is 4.56. The second-order valence-electron chi connectivity index (χ2n) is 5.60. The third kappa shape index (κ3) is 2.09. The summed E-state index contributed by atoms with van der Waals surface area (Å²) in [4.78, 5) is 13.1. The smallest absolute Gasteiger partial charge is 0.407 e. The Balaban J connectivity index is 2.14. The molecule has 1 aromatic carbocycles. The molecule has 2 heterocycles. The van der Waals surface area contributed by atoms with Gasteiger partial charge in [0.1, 0.15) is 0 Å². The van der Waals surface area contributed by atoms with Crippen molar-refractivity contribution in [2.24, 2.45) is 7.05 Å². The SMILES string of the molecule is Cc1c([C@H]2CN(C(=O)O)[C@@H](C)c3ccccc32)cnn1C. The van der Waals surface area contributed by atoms with Crippen LogP contribution in [0, 0.1) is 6.92 Å². The molecule has 1 amide bonds. The van der Waals surface area contributed by atoms with Crippen molar-refractivity contribution >= 4 is 6.09 Å². The maximum absolute atomic E-state index is 11.5. The monoisotopic (exact) mass is 285 g/mol. The highest BCUT2D eigenvalue weighted by molar-refractivity contribution is 5.67. The van der Waals surface area contributed by atoms with Gasteiger partial charge in [-0.3, -0.25) is 4.68 Å². The van der Waals surface area contributed by atoms with E-state index in [1.54, 1.807) is 0 Å². The molecular weight excluding hydrogens is 266 g/mol. The van der Waals surface area contributed by atoms with Gasteiger partial charge in [-0.2, -0.15) is 5.10 Å². The molecule has 0 bridgehead atoms. The second kappa shape index (κ2) is 4.91. The predicted octanol–water partition coefficient (Wildman–Crippen LogP) is 2.92. The molecule has 0 saturated heterocycles. The molecule has 21 heavy (non-hydrogen) atoms. The van der Waals surface area contributed by atoms with Gasteiger partial charge in [-0.15, -0.1) is 0 Å². The molecule has 5 nitrogen and oxygen atoms in total. The zero-order valence-corrected chi connectivity index (χ0v) is 12.4. The van der Waals surface area contributed by atoms with E-state index in [4.69, 9.17) is 0 Å². The minimum Gasteiger partial charge on any atom is -0.465 e. The summed E-state index contributed by atoms with van der Waals surface area (Å²) in [6.07, 6.45) is 0.982. The van der Waals surface area contributed by atoms with Gasteiger partial charge in [0, 0.05) is 30.8 Å². The summed E-state index contributed by atoms with van der Waals surface area (Å²) in [5.74, 6) is 0.0437. The van der Waals surface area contributed by atoms with Crippen LogP contribution in [0.2, 0.25) is 0 Å². The first-order chi connectivity index (χ1) is 10.0. The summed E-state index contributed by atoms with van der Waals surface area (Å²) in [5, 5.41) is 13.8. The van der Waals surface area contributed by atoms with Crippen molar-refractivity contribution in [2.75, 3.05) is 6.54 Å². The molecule has 0 unspecified atom stereocenters. The molecule has 1 N–H and O–H groups in total. The van der Waals surface area contributed by atoms with Crippen LogP contribution in [0.4, 0.5) is 4.79 Å². The Hall–Kier alpha value is -2.30. The van der Waals surface area contributed by atoms with Crippen molar-refractivity contribution in [3.63, 3.8) is 0 Å². The van der Waals surface area contributed by atoms with E-state index in [9.17, 15) is 9.90 Å². The highest BCUT2D eigenvalue weighted by Gasteiger charge is 2.35. The van der Waals surface area contributed by atoms with E-state index in [0.717, 1.165) is 16.8 Å². The van der Waals surface area contributed by atoms with E-state index in [-0.39, 0.29) is 12.0 Å². The summed E-state index contributed by atoms with van der Waals surface area (Å²) in [6.45, 7) is 4.44. The number of carboxylic acid groups (broad SMARTS) is 1. The lowest BCUT2D eigenvalue weighted by atomic mass is 9.82. The number of hydrogen-bond acceptors (Lipinski definition) is 2. The molecule has 2 aromatic rings. The van der Waals surface area contributed by atoms with Gasteiger partial charge in [0.05, 0.1) is 12.2 Å². The lowest BCUT2D eigenvalue weighted by Gasteiger charge is -2.38. The average molecular weight is 285 g/mol. The average Bonchev–Trinajstić information content (AvgIpc) is 2.80. The number of benzene rings is 1. The van der Waals surface area contributed by atoms with E-state index in [0.29, 0.717) is 6.54 Å².